The van der Waals surface area contributed by atoms with Crippen LogP contribution in [0.5, 0.6) is 11.8 Å². The van der Waals surface area contributed by atoms with Gasteiger partial charge >= 0.3 is 5.69 Å². The Morgan fingerprint density at radius 2 is 1.96 bits per heavy atom. The van der Waals surface area contributed by atoms with Crippen molar-refractivity contribution >= 4 is 11.2 Å². The Bertz CT molecular complexity index is 1180. The number of aromatic amines is 1. The van der Waals surface area contributed by atoms with Crippen molar-refractivity contribution in [2.45, 2.75) is 39.2 Å². The highest BCUT2D eigenvalue weighted by atomic mass is 16.5. The molecule has 3 aromatic heterocycles. The third-order valence-electron chi connectivity index (χ3n) is 5.25. The summed E-state index contributed by atoms with van der Waals surface area (Å²) in [6.45, 7) is 2.55. The predicted molar refractivity (Wildman–Crippen MR) is 106 cm³/mol. The zero-order chi connectivity index (χ0) is 19.1. The Morgan fingerprint density at radius 1 is 1.14 bits per heavy atom. The van der Waals surface area contributed by atoms with E-state index in [0.717, 1.165) is 29.7 Å². The Hall–Kier alpha value is -3.35. The maximum absolute atomic E-state index is 12.8. The summed E-state index contributed by atoms with van der Waals surface area (Å²) in [6.07, 6.45) is 6.11. The first-order valence-electron chi connectivity index (χ1n) is 9.67. The Kier molecular flexibility index (Phi) is 4.00. The highest BCUT2D eigenvalue weighted by Crippen LogP contribution is 2.26. The van der Waals surface area contributed by atoms with Gasteiger partial charge in [-0.15, -0.1) is 0 Å². The van der Waals surface area contributed by atoms with Crippen LogP contribution in [0.25, 0.3) is 16.9 Å². The minimum atomic E-state index is -0.0939. The second-order valence-electron chi connectivity index (χ2n) is 6.98. The molecule has 3 heterocycles. The number of nitrogens with zero attached hydrogens (tertiary/aromatic N) is 4. The lowest BCUT2D eigenvalue weighted by Crippen LogP contribution is -2.22. The normalized spacial score (nSPS) is 13.6. The van der Waals surface area contributed by atoms with Gasteiger partial charge in [-0.3, -0.25) is 4.57 Å². The number of aryl methyl sites for hydroxylation is 3. The molecule has 4 aromatic rings. The van der Waals surface area contributed by atoms with Crippen LogP contribution in [0.1, 0.15) is 31.2 Å². The standard InChI is InChI=1S/C21H21N5O2/c1-2-25-18-8-5-13-22-19(18)26(21(25)27)14-9-11-15(12-10-14)28-20-23-16-6-3-4-7-17(16)24-20/h5,8-13H,2-4,6-7H2,1H3,(H,23,24). The summed E-state index contributed by atoms with van der Waals surface area (Å²) in [6, 6.07) is 11.7. The van der Waals surface area contributed by atoms with Crippen LogP contribution in [0.2, 0.25) is 0 Å². The number of ether oxygens (including phenoxy) is 1. The van der Waals surface area contributed by atoms with Gasteiger partial charge in [0, 0.05) is 18.4 Å². The molecule has 142 valence electrons. The van der Waals surface area contributed by atoms with Crippen molar-refractivity contribution in [3.63, 3.8) is 0 Å². The zero-order valence-corrected chi connectivity index (χ0v) is 15.7. The lowest BCUT2D eigenvalue weighted by Gasteiger charge is -2.06. The van der Waals surface area contributed by atoms with Gasteiger partial charge in [0.2, 0.25) is 0 Å². The topological polar surface area (TPSA) is 77.7 Å². The summed E-state index contributed by atoms with van der Waals surface area (Å²) in [5, 5.41) is 0. The smallest absolute Gasteiger partial charge is 0.334 e. The number of benzene rings is 1. The van der Waals surface area contributed by atoms with E-state index in [0.29, 0.717) is 24.0 Å². The van der Waals surface area contributed by atoms with E-state index < -0.39 is 0 Å². The molecule has 1 aliphatic rings. The molecule has 0 fully saturated rings. The minimum Gasteiger partial charge on any atom is -0.426 e. The van der Waals surface area contributed by atoms with E-state index in [-0.39, 0.29) is 5.69 Å². The third kappa shape index (κ3) is 2.70. The van der Waals surface area contributed by atoms with Crippen molar-refractivity contribution in [1.29, 1.82) is 0 Å². The average Bonchev–Trinajstić information content (AvgIpc) is 3.25. The lowest BCUT2D eigenvalue weighted by atomic mass is 10.0. The molecule has 0 unspecified atom stereocenters. The van der Waals surface area contributed by atoms with E-state index in [2.05, 4.69) is 15.0 Å². The number of imidazole rings is 2. The van der Waals surface area contributed by atoms with E-state index in [4.69, 9.17) is 4.74 Å². The minimum absolute atomic E-state index is 0.0939. The maximum atomic E-state index is 12.8. The fourth-order valence-electron chi connectivity index (χ4n) is 3.87. The summed E-state index contributed by atoms with van der Waals surface area (Å²) >= 11 is 0. The van der Waals surface area contributed by atoms with Crippen molar-refractivity contribution in [2.75, 3.05) is 0 Å². The summed E-state index contributed by atoms with van der Waals surface area (Å²) in [5.41, 5.74) is 4.44. The molecule has 7 heteroatoms. The number of aromatic nitrogens is 5. The quantitative estimate of drug-likeness (QED) is 0.591. The molecule has 1 N–H and O–H groups in total. The largest absolute Gasteiger partial charge is 0.426 e. The van der Waals surface area contributed by atoms with Gasteiger partial charge in [0.15, 0.2) is 5.65 Å². The Balaban J connectivity index is 1.47. The van der Waals surface area contributed by atoms with Crippen LogP contribution in [0, 0.1) is 0 Å². The van der Waals surface area contributed by atoms with Crippen LogP contribution in [0.4, 0.5) is 0 Å². The summed E-state index contributed by atoms with van der Waals surface area (Å²) in [7, 11) is 0. The van der Waals surface area contributed by atoms with Gasteiger partial charge in [0.05, 0.1) is 16.9 Å². The third-order valence-corrected chi connectivity index (χ3v) is 5.25. The number of rotatable bonds is 4. The lowest BCUT2D eigenvalue weighted by molar-refractivity contribution is 0.446. The first-order valence-corrected chi connectivity index (χ1v) is 9.67. The molecule has 0 radical (unpaired) electrons. The van der Waals surface area contributed by atoms with Crippen molar-refractivity contribution in [3.05, 3.63) is 64.5 Å². The monoisotopic (exact) mass is 375 g/mol. The van der Waals surface area contributed by atoms with E-state index >= 15 is 0 Å². The van der Waals surface area contributed by atoms with E-state index in [1.807, 2.05) is 43.3 Å². The van der Waals surface area contributed by atoms with Gasteiger partial charge in [-0.05, 0) is 69.0 Å². The number of pyridine rings is 1. The highest BCUT2D eigenvalue weighted by Gasteiger charge is 2.16. The molecule has 0 saturated heterocycles. The van der Waals surface area contributed by atoms with E-state index in [9.17, 15) is 4.79 Å². The number of H-pyrrole nitrogens is 1. The van der Waals surface area contributed by atoms with Crippen LogP contribution in [-0.4, -0.2) is 24.1 Å². The SMILES string of the molecule is CCn1c(=O)n(-c2ccc(Oc3nc4c([nH]3)CCCC4)cc2)c2ncccc21. The van der Waals surface area contributed by atoms with Crippen LogP contribution in [0.3, 0.4) is 0 Å². The molecule has 0 saturated carbocycles. The molecule has 7 nitrogen and oxygen atoms in total. The molecular weight excluding hydrogens is 354 g/mol. The van der Waals surface area contributed by atoms with Crippen LogP contribution < -0.4 is 10.4 Å². The Labute approximate surface area is 161 Å². The molecule has 0 atom stereocenters. The highest BCUT2D eigenvalue weighted by molar-refractivity contribution is 5.73. The molecule has 0 spiro atoms. The molecule has 0 amide bonds. The van der Waals surface area contributed by atoms with Gasteiger partial charge < -0.3 is 9.72 Å². The van der Waals surface area contributed by atoms with Crippen molar-refractivity contribution in [2.24, 2.45) is 0 Å². The van der Waals surface area contributed by atoms with Crippen LogP contribution >= 0.6 is 0 Å². The number of hydrogen-bond acceptors (Lipinski definition) is 4. The predicted octanol–water partition coefficient (Wildman–Crippen LogP) is 3.60. The first-order chi connectivity index (χ1) is 13.7. The number of fused-ring (bicyclic) bond motifs is 2. The average molecular weight is 375 g/mol. The van der Waals surface area contributed by atoms with Crippen molar-refractivity contribution < 1.29 is 4.74 Å². The van der Waals surface area contributed by atoms with Crippen LogP contribution in [0.15, 0.2) is 47.4 Å². The Morgan fingerprint density at radius 3 is 2.75 bits per heavy atom. The molecule has 1 aromatic carbocycles. The maximum Gasteiger partial charge on any atom is 0.334 e. The summed E-state index contributed by atoms with van der Waals surface area (Å²) < 4.78 is 9.25. The number of nitrogens with one attached hydrogen (secondary N) is 1. The van der Waals surface area contributed by atoms with Crippen molar-refractivity contribution in [3.8, 4) is 17.4 Å². The first kappa shape index (κ1) is 16.8. The zero-order valence-electron chi connectivity index (χ0n) is 15.7. The van der Waals surface area contributed by atoms with Gasteiger partial charge in [-0.25, -0.2) is 14.3 Å². The van der Waals surface area contributed by atoms with Gasteiger partial charge in [-0.2, -0.15) is 4.98 Å². The molecule has 1 aliphatic carbocycles. The second kappa shape index (κ2) is 6.67. The van der Waals surface area contributed by atoms with E-state index in [1.54, 1.807) is 15.3 Å². The van der Waals surface area contributed by atoms with Gasteiger partial charge in [0.25, 0.3) is 6.01 Å². The fourth-order valence-corrected chi connectivity index (χ4v) is 3.87. The molecule has 28 heavy (non-hydrogen) atoms. The summed E-state index contributed by atoms with van der Waals surface area (Å²) in [5.74, 6) is 0.676. The second-order valence-corrected chi connectivity index (χ2v) is 6.98. The van der Waals surface area contributed by atoms with E-state index in [1.165, 1.54) is 18.5 Å². The molecule has 0 bridgehead atoms. The summed E-state index contributed by atoms with van der Waals surface area (Å²) in [4.78, 5) is 25.1. The number of hydrogen-bond donors (Lipinski definition) is 1. The molecular formula is C21H21N5O2. The van der Waals surface area contributed by atoms with Gasteiger partial charge in [0.1, 0.15) is 5.75 Å². The van der Waals surface area contributed by atoms with Crippen molar-refractivity contribution in [1.82, 2.24) is 24.1 Å². The fraction of sp³-hybridized carbons (Fsp3) is 0.286. The van der Waals surface area contributed by atoms with Gasteiger partial charge in [-0.1, -0.05) is 0 Å². The molecule has 5 rings (SSSR count). The molecule has 0 aliphatic heterocycles. The van der Waals surface area contributed by atoms with Crippen LogP contribution in [-0.2, 0) is 19.4 Å².